The van der Waals surface area contributed by atoms with Crippen LogP contribution in [0.25, 0.3) is 0 Å². The number of hydrogen-bond acceptors (Lipinski definition) is 2. The van der Waals surface area contributed by atoms with E-state index in [1.54, 1.807) is 0 Å². The molecule has 0 aromatic carbocycles. The van der Waals surface area contributed by atoms with Gasteiger partial charge in [-0.15, -0.1) is 0 Å². The molecule has 1 fully saturated rings. The van der Waals surface area contributed by atoms with Crippen LogP contribution in [0.5, 0.6) is 0 Å². The molecule has 2 unspecified atom stereocenters. The fourth-order valence-electron chi connectivity index (χ4n) is 2.09. The highest BCUT2D eigenvalue weighted by Crippen LogP contribution is 2.49. The fraction of sp³-hybridized carbons (Fsp3) is 0.750. The molecule has 0 aliphatic heterocycles. The van der Waals surface area contributed by atoms with E-state index in [0.29, 0.717) is 18.4 Å². The average molecular weight is 196 g/mol. The van der Waals surface area contributed by atoms with Crippen LogP contribution in [0.2, 0.25) is 0 Å². The van der Waals surface area contributed by atoms with Crippen LogP contribution in [0.4, 0.5) is 0 Å². The van der Waals surface area contributed by atoms with Gasteiger partial charge in [-0.25, -0.2) is 0 Å². The van der Waals surface area contributed by atoms with E-state index in [1.165, 1.54) is 12.5 Å². The van der Waals surface area contributed by atoms with Crippen LogP contribution in [-0.2, 0) is 9.53 Å². The van der Waals surface area contributed by atoms with Gasteiger partial charge in [0.2, 0.25) is 0 Å². The molecule has 2 nitrogen and oxygen atoms in total. The summed E-state index contributed by atoms with van der Waals surface area (Å²) in [7, 11) is 0. The van der Waals surface area contributed by atoms with E-state index in [4.69, 9.17) is 4.74 Å². The molecule has 0 aromatic rings. The molecule has 1 rings (SSSR count). The van der Waals surface area contributed by atoms with Crippen LogP contribution in [0, 0.1) is 17.3 Å². The van der Waals surface area contributed by atoms with Crippen LogP contribution in [0.15, 0.2) is 12.2 Å². The SMILES string of the molecule is C=C1C(COC(C)=O)CC(C)C1(C)C. The lowest BCUT2D eigenvalue weighted by Crippen LogP contribution is -2.17. The third-order valence-corrected chi connectivity index (χ3v) is 3.68. The molecule has 14 heavy (non-hydrogen) atoms. The average Bonchev–Trinajstić information content (AvgIpc) is 2.26. The van der Waals surface area contributed by atoms with Gasteiger partial charge in [-0.1, -0.05) is 32.9 Å². The summed E-state index contributed by atoms with van der Waals surface area (Å²) in [6.45, 7) is 12.7. The zero-order chi connectivity index (χ0) is 10.9. The molecule has 1 saturated carbocycles. The monoisotopic (exact) mass is 196 g/mol. The van der Waals surface area contributed by atoms with Gasteiger partial charge in [-0.05, 0) is 17.8 Å². The van der Waals surface area contributed by atoms with Crippen molar-refractivity contribution in [2.45, 2.75) is 34.1 Å². The molecule has 1 aliphatic rings. The quantitative estimate of drug-likeness (QED) is 0.501. The lowest BCUT2D eigenvalue weighted by atomic mass is 9.80. The van der Waals surface area contributed by atoms with E-state index >= 15 is 0 Å². The summed E-state index contributed by atoms with van der Waals surface area (Å²) in [6.07, 6.45) is 1.08. The highest BCUT2D eigenvalue weighted by atomic mass is 16.5. The van der Waals surface area contributed by atoms with Crippen molar-refractivity contribution in [3.63, 3.8) is 0 Å². The van der Waals surface area contributed by atoms with Crippen molar-refractivity contribution in [1.29, 1.82) is 0 Å². The van der Waals surface area contributed by atoms with Crippen molar-refractivity contribution < 1.29 is 9.53 Å². The maximum atomic E-state index is 10.7. The number of hydrogen-bond donors (Lipinski definition) is 0. The predicted molar refractivity (Wildman–Crippen MR) is 56.8 cm³/mol. The predicted octanol–water partition coefficient (Wildman–Crippen LogP) is 2.79. The summed E-state index contributed by atoms with van der Waals surface area (Å²) in [5.41, 5.74) is 1.41. The summed E-state index contributed by atoms with van der Waals surface area (Å²) in [5, 5.41) is 0. The van der Waals surface area contributed by atoms with E-state index in [-0.39, 0.29) is 11.4 Å². The molecule has 0 bridgehead atoms. The Morgan fingerprint density at radius 3 is 2.57 bits per heavy atom. The van der Waals surface area contributed by atoms with Gasteiger partial charge in [-0.2, -0.15) is 0 Å². The summed E-state index contributed by atoms with van der Waals surface area (Å²) in [5.74, 6) is 0.773. The van der Waals surface area contributed by atoms with Crippen LogP contribution < -0.4 is 0 Å². The maximum Gasteiger partial charge on any atom is 0.302 e. The summed E-state index contributed by atoms with van der Waals surface area (Å²) < 4.78 is 5.04. The Kier molecular flexibility index (Phi) is 3.03. The first kappa shape index (κ1) is 11.3. The zero-order valence-electron chi connectivity index (χ0n) is 9.59. The van der Waals surface area contributed by atoms with Crippen molar-refractivity contribution in [2.75, 3.05) is 6.61 Å². The Balaban J connectivity index is 2.59. The Morgan fingerprint density at radius 2 is 2.21 bits per heavy atom. The topological polar surface area (TPSA) is 26.3 Å². The molecule has 0 spiro atoms. The number of carbonyl (C=O) groups excluding carboxylic acids is 1. The first-order valence-electron chi connectivity index (χ1n) is 5.18. The first-order chi connectivity index (χ1) is 6.35. The smallest absolute Gasteiger partial charge is 0.302 e. The highest BCUT2D eigenvalue weighted by Gasteiger charge is 2.41. The molecule has 1 aliphatic carbocycles. The molecule has 80 valence electrons. The van der Waals surface area contributed by atoms with Gasteiger partial charge in [0.15, 0.2) is 0 Å². The van der Waals surface area contributed by atoms with Crippen LogP contribution in [0.3, 0.4) is 0 Å². The van der Waals surface area contributed by atoms with Crippen molar-refractivity contribution in [3.8, 4) is 0 Å². The standard InChI is InChI=1S/C12H20O2/c1-8-6-11(7-14-10(3)13)9(2)12(8,4)5/h8,11H,2,6-7H2,1,3-5H3. The van der Waals surface area contributed by atoms with E-state index in [9.17, 15) is 4.79 Å². The van der Waals surface area contributed by atoms with Crippen molar-refractivity contribution >= 4 is 5.97 Å². The minimum absolute atomic E-state index is 0.185. The van der Waals surface area contributed by atoms with Gasteiger partial charge in [0, 0.05) is 12.8 Å². The molecular weight excluding hydrogens is 176 g/mol. The molecular formula is C12H20O2. The molecule has 0 aromatic heterocycles. The normalized spacial score (nSPS) is 30.4. The number of esters is 1. The van der Waals surface area contributed by atoms with Crippen LogP contribution >= 0.6 is 0 Å². The molecule has 0 saturated heterocycles. The largest absolute Gasteiger partial charge is 0.465 e. The summed E-state index contributed by atoms with van der Waals surface area (Å²) in [4.78, 5) is 10.7. The Labute approximate surface area is 86.3 Å². The van der Waals surface area contributed by atoms with Gasteiger partial charge in [0.1, 0.15) is 0 Å². The van der Waals surface area contributed by atoms with Gasteiger partial charge >= 0.3 is 5.97 Å². The molecule has 0 N–H and O–H groups in total. The number of carbonyl (C=O) groups is 1. The molecule has 2 atom stereocenters. The van der Waals surface area contributed by atoms with E-state index in [2.05, 4.69) is 27.4 Å². The minimum atomic E-state index is -0.199. The van der Waals surface area contributed by atoms with Crippen LogP contribution in [-0.4, -0.2) is 12.6 Å². The van der Waals surface area contributed by atoms with Gasteiger partial charge in [0.25, 0.3) is 0 Å². The van der Waals surface area contributed by atoms with E-state index in [1.807, 2.05) is 0 Å². The lowest BCUT2D eigenvalue weighted by Gasteiger charge is -2.25. The second-order valence-electron chi connectivity index (χ2n) is 4.88. The molecule has 2 heteroatoms. The highest BCUT2D eigenvalue weighted by molar-refractivity contribution is 5.65. The Morgan fingerprint density at radius 1 is 1.64 bits per heavy atom. The van der Waals surface area contributed by atoms with Crippen molar-refractivity contribution in [3.05, 3.63) is 12.2 Å². The number of ether oxygens (including phenoxy) is 1. The lowest BCUT2D eigenvalue weighted by molar-refractivity contribution is -0.141. The minimum Gasteiger partial charge on any atom is -0.465 e. The number of rotatable bonds is 2. The van der Waals surface area contributed by atoms with Crippen molar-refractivity contribution in [1.82, 2.24) is 0 Å². The van der Waals surface area contributed by atoms with Crippen LogP contribution in [0.1, 0.15) is 34.1 Å². The first-order valence-corrected chi connectivity index (χ1v) is 5.18. The van der Waals surface area contributed by atoms with Gasteiger partial charge in [0.05, 0.1) is 6.61 Å². The van der Waals surface area contributed by atoms with E-state index in [0.717, 1.165) is 6.42 Å². The Hall–Kier alpha value is -0.790. The zero-order valence-corrected chi connectivity index (χ0v) is 9.59. The Bertz CT molecular complexity index is 253. The second-order valence-corrected chi connectivity index (χ2v) is 4.88. The second kappa shape index (κ2) is 3.76. The third-order valence-electron chi connectivity index (χ3n) is 3.68. The molecule has 0 radical (unpaired) electrons. The maximum absolute atomic E-state index is 10.7. The van der Waals surface area contributed by atoms with Gasteiger partial charge < -0.3 is 4.74 Å². The third kappa shape index (κ3) is 1.99. The molecule has 0 heterocycles. The van der Waals surface area contributed by atoms with Gasteiger partial charge in [-0.3, -0.25) is 4.79 Å². The van der Waals surface area contributed by atoms with E-state index < -0.39 is 0 Å². The van der Waals surface area contributed by atoms with Crippen molar-refractivity contribution in [2.24, 2.45) is 17.3 Å². The summed E-state index contributed by atoms with van der Waals surface area (Å²) in [6, 6.07) is 0. The summed E-state index contributed by atoms with van der Waals surface area (Å²) >= 11 is 0. The molecule has 0 amide bonds. The fourth-order valence-corrected chi connectivity index (χ4v) is 2.09.